The Balaban J connectivity index is 1.84. The summed E-state index contributed by atoms with van der Waals surface area (Å²) >= 11 is 1.29. The van der Waals surface area contributed by atoms with Gasteiger partial charge in [-0.3, -0.25) is 4.79 Å². The molecule has 0 aliphatic heterocycles. The summed E-state index contributed by atoms with van der Waals surface area (Å²) in [5, 5.41) is 4.61. The molecule has 0 aliphatic carbocycles. The normalized spacial score (nSPS) is 11.5. The number of hydrogen-bond acceptors (Lipinski definition) is 5. The van der Waals surface area contributed by atoms with E-state index in [0.29, 0.717) is 21.9 Å². The second-order valence-electron chi connectivity index (χ2n) is 5.85. The topological polar surface area (TPSA) is 64.6 Å². The van der Waals surface area contributed by atoms with Crippen molar-refractivity contribution in [1.82, 2.24) is 0 Å². The Labute approximate surface area is 161 Å². The second-order valence-corrected chi connectivity index (χ2v) is 6.77. The van der Waals surface area contributed by atoms with Crippen LogP contribution >= 0.6 is 11.3 Å². The van der Waals surface area contributed by atoms with E-state index in [9.17, 15) is 9.59 Å². The summed E-state index contributed by atoms with van der Waals surface area (Å²) in [6, 6.07) is 17.8. The lowest BCUT2D eigenvalue weighted by Gasteiger charge is -2.18. The van der Waals surface area contributed by atoms with E-state index in [-0.39, 0.29) is 0 Å². The number of hydrogen-bond donors (Lipinski definition) is 1. The highest BCUT2D eigenvalue weighted by molar-refractivity contribution is 7.12. The maximum atomic E-state index is 12.9. The smallest absolute Gasteiger partial charge is 0.349 e. The maximum absolute atomic E-state index is 12.9. The van der Waals surface area contributed by atoms with E-state index >= 15 is 0 Å². The van der Waals surface area contributed by atoms with Crippen LogP contribution < -0.4 is 10.1 Å². The maximum Gasteiger partial charge on any atom is 0.349 e. The lowest BCUT2D eigenvalue weighted by Crippen LogP contribution is -2.25. The predicted octanol–water partition coefficient (Wildman–Crippen LogP) is 4.60. The number of benzene rings is 2. The lowest BCUT2D eigenvalue weighted by atomic mass is 10.1. The highest BCUT2D eigenvalue weighted by atomic mass is 32.1. The fourth-order valence-electron chi connectivity index (χ4n) is 2.55. The zero-order valence-electron chi connectivity index (χ0n) is 15.0. The molecule has 0 fully saturated rings. The van der Waals surface area contributed by atoms with Crippen molar-refractivity contribution in [3.8, 4) is 5.75 Å². The van der Waals surface area contributed by atoms with E-state index in [4.69, 9.17) is 9.47 Å². The van der Waals surface area contributed by atoms with Crippen LogP contribution in [0.5, 0.6) is 5.75 Å². The van der Waals surface area contributed by atoms with Gasteiger partial charge in [0.25, 0.3) is 5.91 Å². The number of aryl methyl sites for hydroxylation is 1. The Kier molecular flexibility index (Phi) is 5.88. The number of nitrogens with one attached hydrogen (secondary N) is 1. The Bertz CT molecular complexity index is 936. The van der Waals surface area contributed by atoms with Crippen LogP contribution in [0.1, 0.15) is 26.9 Å². The van der Waals surface area contributed by atoms with Crippen molar-refractivity contribution >= 4 is 28.9 Å². The molecule has 0 saturated carbocycles. The van der Waals surface area contributed by atoms with Crippen LogP contribution in [-0.2, 0) is 9.53 Å². The monoisotopic (exact) mass is 381 g/mol. The van der Waals surface area contributed by atoms with Crippen molar-refractivity contribution in [3.05, 3.63) is 82.0 Å². The van der Waals surface area contributed by atoms with Gasteiger partial charge in [-0.05, 0) is 36.1 Å². The fourth-order valence-corrected chi connectivity index (χ4v) is 3.36. The van der Waals surface area contributed by atoms with Crippen molar-refractivity contribution in [2.75, 3.05) is 12.4 Å². The van der Waals surface area contributed by atoms with Gasteiger partial charge in [0.15, 0.2) is 0 Å². The van der Waals surface area contributed by atoms with Crippen LogP contribution in [0.15, 0.2) is 66.0 Å². The van der Waals surface area contributed by atoms with Gasteiger partial charge in [0.1, 0.15) is 10.6 Å². The second kappa shape index (κ2) is 8.51. The minimum Gasteiger partial charge on any atom is -0.497 e. The van der Waals surface area contributed by atoms with Gasteiger partial charge in [-0.25, -0.2) is 4.79 Å². The average Bonchev–Trinajstić information content (AvgIpc) is 3.12. The van der Waals surface area contributed by atoms with E-state index < -0.39 is 18.0 Å². The molecule has 1 heterocycles. The molecule has 1 amide bonds. The molecule has 6 heteroatoms. The SMILES string of the molecule is COc1cccc(NC(=O)C(OC(=O)c2sccc2C)c2ccccc2)c1. The number of anilines is 1. The van der Waals surface area contributed by atoms with Crippen molar-refractivity contribution < 1.29 is 19.1 Å². The van der Waals surface area contributed by atoms with E-state index in [0.717, 1.165) is 5.56 Å². The molecule has 0 saturated heterocycles. The summed E-state index contributed by atoms with van der Waals surface area (Å²) in [5.41, 5.74) is 1.98. The van der Waals surface area contributed by atoms with E-state index in [1.807, 2.05) is 24.4 Å². The minimum atomic E-state index is -1.06. The molecule has 3 aromatic rings. The van der Waals surface area contributed by atoms with Crippen molar-refractivity contribution in [1.29, 1.82) is 0 Å². The quantitative estimate of drug-likeness (QED) is 0.634. The van der Waals surface area contributed by atoms with Crippen LogP contribution in [0, 0.1) is 6.92 Å². The zero-order valence-corrected chi connectivity index (χ0v) is 15.8. The van der Waals surface area contributed by atoms with E-state index in [1.54, 1.807) is 55.6 Å². The summed E-state index contributed by atoms with van der Waals surface area (Å²) in [4.78, 5) is 25.9. The van der Waals surface area contributed by atoms with Gasteiger partial charge in [-0.2, -0.15) is 0 Å². The van der Waals surface area contributed by atoms with Crippen LogP contribution in [0.4, 0.5) is 5.69 Å². The summed E-state index contributed by atoms with van der Waals surface area (Å²) in [6.07, 6.45) is -1.06. The molecule has 0 bridgehead atoms. The Morgan fingerprint density at radius 1 is 1.04 bits per heavy atom. The number of carbonyl (C=O) groups excluding carboxylic acids is 2. The molecule has 5 nitrogen and oxygen atoms in total. The third kappa shape index (κ3) is 4.54. The van der Waals surface area contributed by atoms with E-state index in [1.165, 1.54) is 11.3 Å². The summed E-state index contributed by atoms with van der Waals surface area (Å²) < 4.78 is 10.8. The number of thiophene rings is 1. The first-order valence-electron chi connectivity index (χ1n) is 8.33. The van der Waals surface area contributed by atoms with Gasteiger partial charge in [0.2, 0.25) is 6.10 Å². The number of esters is 1. The zero-order chi connectivity index (χ0) is 19.2. The molecular weight excluding hydrogens is 362 g/mol. The number of methoxy groups -OCH3 is 1. The molecule has 1 aromatic heterocycles. The van der Waals surface area contributed by atoms with Gasteiger partial charge in [0, 0.05) is 17.3 Å². The van der Waals surface area contributed by atoms with Gasteiger partial charge in [-0.1, -0.05) is 36.4 Å². The molecule has 0 aliphatic rings. The third-order valence-corrected chi connectivity index (χ3v) is 4.95. The Morgan fingerprint density at radius 3 is 2.48 bits per heavy atom. The summed E-state index contributed by atoms with van der Waals surface area (Å²) in [5.74, 6) is -0.329. The van der Waals surface area contributed by atoms with Crippen LogP contribution in [0.25, 0.3) is 0 Å². The average molecular weight is 381 g/mol. The molecule has 3 rings (SSSR count). The van der Waals surface area contributed by atoms with Gasteiger partial charge >= 0.3 is 5.97 Å². The molecular formula is C21H19NO4S. The molecule has 138 valence electrons. The molecule has 1 unspecified atom stereocenters. The first-order valence-corrected chi connectivity index (χ1v) is 9.21. The standard InChI is InChI=1S/C21H19NO4S/c1-14-11-12-27-19(14)21(24)26-18(15-7-4-3-5-8-15)20(23)22-16-9-6-10-17(13-16)25-2/h3-13,18H,1-2H3,(H,22,23). The number of rotatable bonds is 6. The van der Waals surface area contributed by atoms with Crippen molar-refractivity contribution in [3.63, 3.8) is 0 Å². The van der Waals surface area contributed by atoms with Gasteiger partial charge in [0.05, 0.1) is 7.11 Å². The molecule has 1 N–H and O–H groups in total. The molecule has 0 radical (unpaired) electrons. The third-order valence-electron chi connectivity index (χ3n) is 3.95. The van der Waals surface area contributed by atoms with E-state index in [2.05, 4.69) is 5.32 Å². The highest BCUT2D eigenvalue weighted by Gasteiger charge is 2.27. The minimum absolute atomic E-state index is 0.433. The number of carbonyl (C=O) groups is 2. The summed E-state index contributed by atoms with van der Waals surface area (Å²) in [7, 11) is 1.55. The van der Waals surface area contributed by atoms with Gasteiger partial charge in [-0.15, -0.1) is 11.3 Å². The van der Waals surface area contributed by atoms with Gasteiger partial charge < -0.3 is 14.8 Å². The predicted molar refractivity (Wildman–Crippen MR) is 105 cm³/mol. The molecule has 0 spiro atoms. The van der Waals surface area contributed by atoms with Crippen LogP contribution in [-0.4, -0.2) is 19.0 Å². The molecule has 27 heavy (non-hydrogen) atoms. The van der Waals surface area contributed by atoms with Crippen molar-refractivity contribution in [2.24, 2.45) is 0 Å². The number of amides is 1. The summed E-state index contributed by atoms with van der Waals surface area (Å²) in [6.45, 7) is 1.83. The first-order chi connectivity index (χ1) is 13.1. The molecule has 1 atom stereocenters. The lowest BCUT2D eigenvalue weighted by molar-refractivity contribution is -0.125. The Morgan fingerprint density at radius 2 is 1.81 bits per heavy atom. The van der Waals surface area contributed by atoms with Crippen LogP contribution in [0.2, 0.25) is 0 Å². The highest BCUT2D eigenvalue weighted by Crippen LogP contribution is 2.25. The van der Waals surface area contributed by atoms with Crippen molar-refractivity contribution in [2.45, 2.75) is 13.0 Å². The van der Waals surface area contributed by atoms with Crippen LogP contribution in [0.3, 0.4) is 0 Å². The first kappa shape index (κ1) is 18.7. The largest absolute Gasteiger partial charge is 0.497 e. The Hall–Kier alpha value is -3.12. The molecule has 2 aromatic carbocycles. The number of ether oxygens (including phenoxy) is 2. The fraction of sp³-hybridized carbons (Fsp3) is 0.143.